The highest BCUT2D eigenvalue weighted by molar-refractivity contribution is 5.78. The number of amides is 1. The van der Waals surface area contributed by atoms with E-state index >= 15 is 0 Å². The molecule has 0 saturated heterocycles. The molecule has 0 saturated carbocycles. The van der Waals surface area contributed by atoms with Gasteiger partial charge in [0, 0.05) is 18.8 Å². The Bertz CT molecular complexity index is 360. The molecule has 0 radical (unpaired) electrons. The molecule has 1 heterocycles. The van der Waals surface area contributed by atoms with Crippen molar-refractivity contribution in [3.63, 3.8) is 0 Å². The van der Waals surface area contributed by atoms with Crippen LogP contribution in [0.4, 0.5) is 5.69 Å². The second kappa shape index (κ2) is 6.24. The summed E-state index contributed by atoms with van der Waals surface area (Å²) in [7, 11) is 1.91. The van der Waals surface area contributed by atoms with Gasteiger partial charge in [-0.05, 0) is 20.9 Å². The molecule has 3 N–H and O–H groups in total. The first-order chi connectivity index (χ1) is 7.97. The molecule has 0 spiro atoms. The van der Waals surface area contributed by atoms with Gasteiger partial charge in [-0.2, -0.15) is 5.10 Å². The Morgan fingerprint density at radius 3 is 2.88 bits per heavy atom. The van der Waals surface area contributed by atoms with Crippen molar-refractivity contribution in [2.24, 2.45) is 0 Å². The zero-order valence-corrected chi connectivity index (χ0v) is 10.7. The van der Waals surface area contributed by atoms with Gasteiger partial charge in [0.2, 0.25) is 5.91 Å². The first-order valence-electron chi connectivity index (χ1n) is 5.73. The molecule has 6 nitrogen and oxygen atoms in total. The summed E-state index contributed by atoms with van der Waals surface area (Å²) in [5, 5.41) is 6.93. The van der Waals surface area contributed by atoms with Crippen molar-refractivity contribution in [2.75, 3.05) is 25.9 Å². The second-order valence-corrected chi connectivity index (χ2v) is 4.50. The second-order valence-electron chi connectivity index (χ2n) is 4.50. The summed E-state index contributed by atoms with van der Waals surface area (Å²) in [5.74, 6) is 0.0440. The fourth-order valence-electron chi connectivity index (χ4n) is 1.47. The number of likely N-dealkylation sites (N-methyl/N-ethyl adjacent to an activating group) is 1. The molecule has 6 heteroatoms. The van der Waals surface area contributed by atoms with Crippen molar-refractivity contribution in [3.8, 4) is 0 Å². The highest BCUT2D eigenvalue weighted by Crippen LogP contribution is 1.97. The third kappa shape index (κ3) is 5.35. The van der Waals surface area contributed by atoms with Crippen LogP contribution in [0.15, 0.2) is 12.4 Å². The molecule has 0 unspecified atom stereocenters. The molecule has 1 amide bonds. The quantitative estimate of drug-likeness (QED) is 0.728. The van der Waals surface area contributed by atoms with Crippen molar-refractivity contribution < 1.29 is 4.79 Å². The van der Waals surface area contributed by atoms with Crippen LogP contribution in [0.2, 0.25) is 0 Å². The Balaban J connectivity index is 2.25. The minimum absolute atomic E-state index is 0.0440. The number of rotatable bonds is 6. The SMILES string of the molecule is CC(C)NC(=O)CN(C)CCn1cc(N)cn1. The van der Waals surface area contributed by atoms with Gasteiger partial charge in [-0.25, -0.2) is 0 Å². The van der Waals surface area contributed by atoms with Crippen LogP contribution >= 0.6 is 0 Å². The zero-order chi connectivity index (χ0) is 12.8. The molecular formula is C11H21N5O. The number of aromatic nitrogens is 2. The minimum atomic E-state index is 0.0440. The Hall–Kier alpha value is -1.56. The van der Waals surface area contributed by atoms with Gasteiger partial charge in [-0.1, -0.05) is 0 Å². The van der Waals surface area contributed by atoms with Crippen LogP contribution in [0.25, 0.3) is 0 Å². The number of carbonyl (C=O) groups is 1. The van der Waals surface area contributed by atoms with Gasteiger partial charge in [0.1, 0.15) is 0 Å². The average molecular weight is 239 g/mol. The van der Waals surface area contributed by atoms with Gasteiger partial charge in [-0.3, -0.25) is 14.4 Å². The lowest BCUT2D eigenvalue weighted by Crippen LogP contribution is -2.39. The van der Waals surface area contributed by atoms with E-state index in [0.717, 1.165) is 13.1 Å². The van der Waals surface area contributed by atoms with Crippen LogP contribution in [0, 0.1) is 0 Å². The van der Waals surface area contributed by atoms with E-state index in [1.165, 1.54) is 0 Å². The maximum atomic E-state index is 11.5. The number of anilines is 1. The normalized spacial score (nSPS) is 11.1. The maximum absolute atomic E-state index is 11.5. The molecule has 0 aliphatic heterocycles. The number of hydrogen-bond donors (Lipinski definition) is 2. The largest absolute Gasteiger partial charge is 0.396 e. The number of nitrogens with two attached hydrogens (primary N) is 1. The zero-order valence-electron chi connectivity index (χ0n) is 10.7. The third-order valence-electron chi connectivity index (χ3n) is 2.23. The Morgan fingerprint density at radius 2 is 2.35 bits per heavy atom. The summed E-state index contributed by atoms with van der Waals surface area (Å²) >= 11 is 0. The third-order valence-corrected chi connectivity index (χ3v) is 2.23. The van der Waals surface area contributed by atoms with Crippen LogP contribution in [0.3, 0.4) is 0 Å². The Kier molecular flexibility index (Phi) is 4.96. The number of carbonyl (C=O) groups excluding carboxylic acids is 1. The minimum Gasteiger partial charge on any atom is -0.396 e. The highest BCUT2D eigenvalue weighted by Gasteiger charge is 2.07. The van der Waals surface area contributed by atoms with E-state index < -0.39 is 0 Å². The molecule has 0 aliphatic carbocycles. The van der Waals surface area contributed by atoms with Crippen LogP contribution in [-0.4, -0.2) is 46.8 Å². The first-order valence-corrected chi connectivity index (χ1v) is 5.73. The van der Waals surface area contributed by atoms with Crippen LogP contribution in [0.1, 0.15) is 13.8 Å². The lowest BCUT2D eigenvalue weighted by Gasteiger charge is -2.17. The van der Waals surface area contributed by atoms with Crippen LogP contribution < -0.4 is 11.1 Å². The molecular weight excluding hydrogens is 218 g/mol. The van der Waals surface area contributed by atoms with E-state index in [4.69, 9.17) is 5.73 Å². The Morgan fingerprint density at radius 1 is 1.65 bits per heavy atom. The van der Waals surface area contributed by atoms with Gasteiger partial charge in [0.05, 0.1) is 25.0 Å². The van der Waals surface area contributed by atoms with E-state index in [9.17, 15) is 4.79 Å². The predicted octanol–water partition coefficient (Wildman–Crippen LogP) is -0.0783. The number of hydrogen-bond acceptors (Lipinski definition) is 4. The molecule has 0 fully saturated rings. The molecule has 17 heavy (non-hydrogen) atoms. The average Bonchev–Trinajstić information content (AvgIpc) is 2.59. The predicted molar refractivity (Wildman–Crippen MR) is 67.4 cm³/mol. The fourth-order valence-corrected chi connectivity index (χ4v) is 1.47. The van der Waals surface area contributed by atoms with Gasteiger partial charge in [-0.15, -0.1) is 0 Å². The number of nitrogens with one attached hydrogen (secondary N) is 1. The van der Waals surface area contributed by atoms with Crippen LogP contribution in [-0.2, 0) is 11.3 Å². The van der Waals surface area contributed by atoms with E-state index in [1.807, 2.05) is 25.8 Å². The maximum Gasteiger partial charge on any atom is 0.234 e. The standard InChI is InChI=1S/C11H21N5O/c1-9(2)14-11(17)8-15(3)4-5-16-7-10(12)6-13-16/h6-7,9H,4-5,8,12H2,1-3H3,(H,14,17). The molecule has 1 aromatic heterocycles. The summed E-state index contributed by atoms with van der Waals surface area (Å²) in [5.41, 5.74) is 6.22. The topological polar surface area (TPSA) is 76.2 Å². The van der Waals surface area contributed by atoms with Gasteiger partial charge in [0.25, 0.3) is 0 Å². The lowest BCUT2D eigenvalue weighted by molar-refractivity contribution is -0.122. The summed E-state index contributed by atoms with van der Waals surface area (Å²) in [6.45, 7) is 5.78. The molecule has 1 rings (SSSR count). The summed E-state index contributed by atoms with van der Waals surface area (Å²) in [6.07, 6.45) is 3.40. The smallest absolute Gasteiger partial charge is 0.234 e. The van der Waals surface area contributed by atoms with E-state index in [2.05, 4.69) is 10.4 Å². The van der Waals surface area contributed by atoms with Crippen molar-refractivity contribution in [1.29, 1.82) is 0 Å². The van der Waals surface area contributed by atoms with E-state index in [-0.39, 0.29) is 11.9 Å². The number of nitrogens with zero attached hydrogens (tertiary/aromatic N) is 3. The van der Waals surface area contributed by atoms with Gasteiger partial charge in [0.15, 0.2) is 0 Å². The Labute approximate surface area is 102 Å². The molecule has 96 valence electrons. The lowest BCUT2D eigenvalue weighted by atomic mass is 10.4. The van der Waals surface area contributed by atoms with Crippen LogP contribution in [0.5, 0.6) is 0 Å². The van der Waals surface area contributed by atoms with E-state index in [1.54, 1.807) is 17.1 Å². The molecule has 0 aliphatic rings. The monoisotopic (exact) mass is 239 g/mol. The fraction of sp³-hybridized carbons (Fsp3) is 0.636. The summed E-state index contributed by atoms with van der Waals surface area (Å²) in [6, 6.07) is 0.182. The van der Waals surface area contributed by atoms with Crippen molar-refractivity contribution in [1.82, 2.24) is 20.0 Å². The summed E-state index contributed by atoms with van der Waals surface area (Å²) < 4.78 is 1.77. The van der Waals surface area contributed by atoms with Gasteiger partial charge >= 0.3 is 0 Å². The first kappa shape index (κ1) is 13.5. The van der Waals surface area contributed by atoms with Crippen molar-refractivity contribution in [3.05, 3.63) is 12.4 Å². The van der Waals surface area contributed by atoms with Gasteiger partial charge < -0.3 is 11.1 Å². The highest BCUT2D eigenvalue weighted by atomic mass is 16.2. The summed E-state index contributed by atoms with van der Waals surface area (Å²) in [4.78, 5) is 13.4. The van der Waals surface area contributed by atoms with Crippen molar-refractivity contribution in [2.45, 2.75) is 26.4 Å². The van der Waals surface area contributed by atoms with E-state index in [0.29, 0.717) is 12.2 Å². The molecule has 0 aromatic carbocycles. The molecule has 1 aromatic rings. The van der Waals surface area contributed by atoms with Crippen molar-refractivity contribution >= 4 is 11.6 Å². The molecule has 0 bridgehead atoms. The number of nitrogen functional groups attached to an aromatic ring is 1. The molecule has 0 atom stereocenters.